The van der Waals surface area contributed by atoms with Gasteiger partial charge in [0.15, 0.2) is 0 Å². The lowest BCUT2D eigenvalue weighted by atomic mass is 10.1. The lowest BCUT2D eigenvalue weighted by molar-refractivity contribution is 0.0930. The van der Waals surface area contributed by atoms with Gasteiger partial charge in [0.1, 0.15) is 0 Å². The summed E-state index contributed by atoms with van der Waals surface area (Å²) in [6, 6.07) is 6.74. The number of nitrogen functional groups attached to an aromatic ring is 1. The Balaban J connectivity index is 2.26. The molecule has 2 rings (SSSR count). The molecule has 1 heterocycles. The predicted molar refractivity (Wildman–Crippen MR) is 67.8 cm³/mol. The Hall–Kier alpha value is -1.22. The third kappa shape index (κ3) is 2.30. The molecular weight excluding hydrogens is 200 g/mol. The first kappa shape index (κ1) is 11.3. The zero-order chi connectivity index (χ0) is 11.5. The van der Waals surface area contributed by atoms with Crippen molar-refractivity contribution in [1.82, 2.24) is 0 Å². The molecule has 1 aromatic carbocycles. The molecule has 16 heavy (non-hydrogen) atoms. The van der Waals surface area contributed by atoms with Crippen LogP contribution in [0.25, 0.3) is 0 Å². The van der Waals surface area contributed by atoms with Crippen molar-refractivity contribution in [3.05, 3.63) is 23.8 Å². The van der Waals surface area contributed by atoms with Crippen LogP contribution in [0.1, 0.15) is 18.9 Å². The van der Waals surface area contributed by atoms with Crippen LogP contribution in [0, 0.1) is 6.92 Å². The molecule has 3 nitrogen and oxygen atoms in total. The molecule has 0 aromatic heterocycles. The Morgan fingerprint density at radius 3 is 2.94 bits per heavy atom. The highest BCUT2D eigenvalue weighted by Gasteiger charge is 2.21. The Bertz CT molecular complexity index is 345. The summed E-state index contributed by atoms with van der Waals surface area (Å²) < 4.78 is 5.51. The molecule has 3 heteroatoms. The van der Waals surface area contributed by atoms with Gasteiger partial charge in [-0.2, -0.15) is 0 Å². The fraction of sp³-hybridized carbons (Fsp3) is 0.538. The summed E-state index contributed by atoms with van der Waals surface area (Å²) in [6.45, 7) is 6.88. The second-order valence-corrected chi connectivity index (χ2v) is 4.43. The lowest BCUT2D eigenvalue weighted by Gasteiger charge is -2.37. The summed E-state index contributed by atoms with van der Waals surface area (Å²) in [5, 5.41) is 0. The molecule has 1 aliphatic rings. The Morgan fingerprint density at radius 1 is 1.44 bits per heavy atom. The third-order valence-corrected chi connectivity index (χ3v) is 3.11. The van der Waals surface area contributed by atoms with Gasteiger partial charge in [-0.15, -0.1) is 0 Å². The van der Waals surface area contributed by atoms with Crippen LogP contribution in [0.15, 0.2) is 18.2 Å². The molecular formula is C13H20N2O. The maximum atomic E-state index is 5.90. The first-order valence-corrected chi connectivity index (χ1v) is 5.92. The SMILES string of the molecule is CCC1COCCN1c1cc(C)cc(N)c1. The standard InChI is InChI=1S/C13H20N2O/c1-3-12-9-16-5-4-15(12)13-7-10(2)6-11(14)8-13/h6-8,12H,3-5,9,14H2,1-2H3. The number of hydrogen-bond donors (Lipinski definition) is 1. The van der Waals surface area contributed by atoms with Crippen molar-refractivity contribution in [3.8, 4) is 0 Å². The average Bonchev–Trinajstić information content (AvgIpc) is 2.27. The van der Waals surface area contributed by atoms with E-state index in [4.69, 9.17) is 10.5 Å². The minimum atomic E-state index is 0.481. The van der Waals surface area contributed by atoms with E-state index >= 15 is 0 Å². The number of hydrogen-bond acceptors (Lipinski definition) is 3. The molecule has 2 N–H and O–H groups in total. The van der Waals surface area contributed by atoms with Gasteiger partial charge >= 0.3 is 0 Å². The van der Waals surface area contributed by atoms with E-state index < -0.39 is 0 Å². The molecule has 1 atom stereocenters. The van der Waals surface area contributed by atoms with Crippen molar-refractivity contribution in [2.24, 2.45) is 0 Å². The van der Waals surface area contributed by atoms with Crippen molar-refractivity contribution >= 4 is 11.4 Å². The number of ether oxygens (including phenoxy) is 1. The van der Waals surface area contributed by atoms with Crippen molar-refractivity contribution in [2.45, 2.75) is 26.3 Å². The van der Waals surface area contributed by atoms with Gasteiger partial charge < -0.3 is 15.4 Å². The highest BCUT2D eigenvalue weighted by molar-refractivity contribution is 5.59. The molecule has 0 bridgehead atoms. The number of nitrogens with zero attached hydrogens (tertiary/aromatic N) is 1. The minimum absolute atomic E-state index is 0.481. The molecule has 1 aromatic rings. The molecule has 0 amide bonds. The van der Waals surface area contributed by atoms with Crippen LogP contribution in [0.3, 0.4) is 0 Å². The van der Waals surface area contributed by atoms with Crippen LogP contribution in [-0.2, 0) is 4.74 Å². The Labute approximate surface area is 97.2 Å². The summed E-state index contributed by atoms with van der Waals surface area (Å²) in [4.78, 5) is 2.41. The number of nitrogens with two attached hydrogens (primary N) is 1. The minimum Gasteiger partial charge on any atom is -0.399 e. The monoisotopic (exact) mass is 220 g/mol. The van der Waals surface area contributed by atoms with Crippen molar-refractivity contribution < 1.29 is 4.74 Å². The van der Waals surface area contributed by atoms with E-state index in [9.17, 15) is 0 Å². The maximum Gasteiger partial charge on any atom is 0.0670 e. The molecule has 1 aliphatic heterocycles. The first-order valence-electron chi connectivity index (χ1n) is 5.92. The van der Waals surface area contributed by atoms with Crippen molar-refractivity contribution in [3.63, 3.8) is 0 Å². The fourth-order valence-electron chi connectivity index (χ4n) is 2.29. The van der Waals surface area contributed by atoms with Gasteiger partial charge in [0.05, 0.1) is 19.3 Å². The summed E-state index contributed by atoms with van der Waals surface area (Å²) in [6.07, 6.45) is 1.11. The van der Waals surface area contributed by atoms with E-state index in [1.165, 1.54) is 11.3 Å². The van der Waals surface area contributed by atoms with E-state index in [2.05, 4.69) is 30.9 Å². The Morgan fingerprint density at radius 2 is 2.25 bits per heavy atom. The van der Waals surface area contributed by atoms with Gasteiger partial charge in [-0.25, -0.2) is 0 Å². The molecule has 0 aliphatic carbocycles. The van der Waals surface area contributed by atoms with Crippen molar-refractivity contribution in [2.75, 3.05) is 30.4 Å². The van der Waals surface area contributed by atoms with E-state index in [1.807, 2.05) is 6.07 Å². The van der Waals surface area contributed by atoms with Crippen LogP contribution in [0.4, 0.5) is 11.4 Å². The van der Waals surface area contributed by atoms with Gasteiger partial charge in [0, 0.05) is 17.9 Å². The summed E-state index contributed by atoms with van der Waals surface area (Å²) in [7, 11) is 0. The average molecular weight is 220 g/mol. The molecule has 1 unspecified atom stereocenters. The van der Waals surface area contributed by atoms with E-state index in [-0.39, 0.29) is 0 Å². The normalized spacial score (nSPS) is 21.1. The van der Waals surface area contributed by atoms with Gasteiger partial charge in [-0.1, -0.05) is 6.92 Å². The Kier molecular flexibility index (Phi) is 3.34. The van der Waals surface area contributed by atoms with Crippen molar-refractivity contribution in [1.29, 1.82) is 0 Å². The highest BCUT2D eigenvalue weighted by atomic mass is 16.5. The lowest BCUT2D eigenvalue weighted by Crippen LogP contribution is -2.45. The smallest absolute Gasteiger partial charge is 0.0670 e. The van der Waals surface area contributed by atoms with Crippen LogP contribution in [0.2, 0.25) is 0 Å². The third-order valence-electron chi connectivity index (χ3n) is 3.11. The molecule has 1 saturated heterocycles. The first-order chi connectivity index (χ1) is 7.70. The molecule has 0 radical (unpaired) electrons. The fourth-order valence-corrected chi connectivity index (χ4v) is 2.29. The summed E-state index contributed by atoms with van der Waals surface area (Å²) >= 11 is 0. The molecule has 0 spiro atoms. The van der Waals surface area contributed by atoms with E-state index in [1.54, 1.807) is 0 Å². The summed E-state index contributed by atoms with van der Waals surface area (Å²) in [5.41, 5.74) is 9.19. The summed E-state index contributed by atoms with van der Waals surface area (Å²) in [5.74, 6) is 0. The van der Waals surface area contributed by atoms with Crippen LogP contribution < -0.4 is 10.6 Å². The van der Waals surface area contributed by atoms with Crippen LogP contribution >= 0.6 is 0 Å². The van der Waals surface area contributed by atoms with Gasteiger partial charge in [-0.05, 0) is 37.1 Å². The quantitative estimate of drug-likeness (QED) is 0.776. The molecule has 88 valence electrons. The zero-order valence-electron chi connectivity index (χ0n) is 10.1. The second kappa shape index (κ2) is 4.74. The predicted octanol–water partition coefficient (Wildman–Crippen LogP) is 2.19. The van der Waals surface area contributed by atoms with E-state index in [0.29, 0.717) is 6.04 Å². The van der Waals surface area contributed by atoms with E-state index in [0.717, 1.165) is 31.9 Å². The number of morpholine rings is 1. The molecule has 1 fully saturated rings. The van der Waals surface area contributed by atoms with Gasteiger partial charge in [0.25, 0.3) is 0 Å². The van der Waals surface area contributed by atoms with Gasteiger partial charge in [-0.3, -0.25) is 0 Å². The number of rotatable bonds is 2. The maximum absolute atomic E-state index is 5.90. The number of aryl methyl sites for hydroxylation is 1. The van der Waals surface area contributed by atoms with Crippen LogP contribution in [0.5, 0.6) is 0 Å². The number of benzene rings is 1. The zero-order valence-corrected chi connectivity index (χ0v) is 10.1. The second-order valence-electron chi connectivity index (χ2n) is 4.43. The molecule has 0 saturated carbocycles. The highest BCUT2D eigenvalue weighted by Crippen LogP contribution is 2.24. The van der Waals surface area contributed by atoms with Crippen LogP contribution in [-0.4, -0.2) is 25.8 Å². The largest absolute Gasteiger partial charge is 0.399 e. The number of anilines is 2. The topological polar surface area (TPSA) is 38.5 Å². The van der Waals surface area contributed by atoms with Gasteiger partial charge in [0.2, 0.25) is 0 Å².